The fraction of sp³-hybridized carbons (Fsp3) is 0.571. The van der Waals surface area contributed by atoms with Crippen LogP contribution in [0.1, 0.15) is 37.9 Å². The van der Waals surface area contributed by atoms with E-state index in [1.54, 1.807) is 0 Å². The van der Waals surface area contributed by atoms with Crippen LogP contribution in [-0.2, 0) is 19.6 Å². The van der Waals surface area contributed by atoms with Crippen LogP contribution in [0.5, 0.6) is 0 Å². The Morgan fingerprint density at radius 2 is 1.84 bits per heavy atom. The average Bonchev–Trinajstić information content (AvgIpc) is 2.95. The number of anilines is 1. The number of hydrogen-bond acceptors (Lipinski definition) is 3. The van der Waals surface area contributed by atoms with Crippen LogP contribution in [-0.4, -0.2) is 19.6 Å². The van der Waals surface area contributed by atoms with E-state index in [0.29, 0.717) is 0 Å². The molecule has 0 amide bonds. The molecule has 0 aliphatic heterocycles. The Hall–Kier alpha value is -1.78. The summed E-state index contributed by atoms with van der Waals surface area (Å²) in [6.07, 6.45) is 6.34. The van der Waals surface area contributed by atoms with Gasteiger partial charge in [0.15, 0.2) is 0 Å². The SMILES string of the molecule is CCCn1ccc(NCc2cn(CCC)nc2C)n1. The van der Waals surface area contributed by atoms with Crippen molar-refractivity contribution in [3.63, 3.8) is 0 Å². The topological polar surface area (TPSA) is 47.7 Å². The Labute approximate surface area is 114 Å². The molecule has 2 aromatic rings. The lowest BCUT2D eigenvalue weighted by atomic mass is 10.2. The maximum absolute atomic E-state index is 4.50. The predicted octanol–water partition coefficient (Wildman–Crippen LogP) is 2.82. The zero-order valence-electron chi connectivity index (χ0n) is 12.1. The minimum absolute atomic E-state index is 0.776. The lowest BCUT2D eigenvalue weighted by Crippen LogP contribution is -2.02. The Balaban J connectivity index is 1.93. The van der Waals surface area contributed by atoms with Gasteiger partial charge < -0.3 is 5.32 Å². The number of nitrogens with zero attached hydrogens (tertiary/aromatic N) is 4. The molecular weight excluding hydrogens is 238 g/mol. The minimum atomic E-state index is 0.776. The van der Waals surface area contributed by atoms with Crippen molar-refractivity contribution in [1.29, 1.82) is 0 Å². The molecule has 0 spiro atoms. The van der Waals surface area contributed by atoms with E-state index in [9.17, 15) is 0 Å². The van der Waals surface area contributed by atoms with E-state index in [0.717, 1.165) is 44.0 Å². The smallest absolute Gasteiger partial charge is 0.148 e. The Bertz CT molecular complexity index is 512. The summed E-state index contributed by atoms with van der Waals surface area (Å²) in [6, 6.07) is 2.02. The summed E-state index contributed by atoms with van der Waals surface area (Å²) in [5.41, 5.74) is 2.33. The van der Waals surface area contributed by atoms with Crippen LogP contribution in [0.15, 0.2) is 18.5 Å². The molecular formula is C14H23N5. The average molecular weight is 261 g/mol. The molecule has 0 fully saturated rings. The number of aromatic nitrogens is 4. The van der Waals surface area contributed by atoms with E-state index in [-0.39, 0.29) is 0 Å². The summed E-state index contributed by atoms with van der Waals surface area (Å²) in [5.74, 6) is 0.927. The number of hydrogen-bond donors (Lipinski definition) is 1. The van der Waals surface area contributed by atoms with Crippen LogP contribution in [0, 0.1) is 6.92 Å². The number of nitrogens with one attached hydrogen (secondary N) is 1. The van der Waals surface area contributed by atoms with Gasteiger partial charge in [0, 0.05) is 43.7 Å². The second-order valence-electron chi connectivity index (χ2n) is 4.82. The van der Waals surface area contributed by atoms with E-state index in [2.05, 4.69) is 42.5 Å². The lowest BCUT2D eigenvalue weighted by Gasteiger charge is -2.01. The highest BCUT2D eigenvalue weighted by molar-refractivity contribution is 5.34. The molecule has 0 saturated heterocycles. The molecule has 19 heavy (non-hydrogen) atoms. The van der Waals surface area contributed by atoms with Gasteiger partial charge in [0.25, 0.3) is 0 Å². The highest BCUT2D eigenvalue weighted by Gasteiger charge is 2.05. The van der Waals surface area contributed by atoms with Crippen molar-refractivity contribution >= 4 is 5.82 Å². The van der Waals surface area contributed by atoms with Crippen molar-refractivity contribution in [3.05, 3.63) is 29.7 Å². The zero-order chi connectivity index (χ0) is 13.7. The van der Waals surface area contributed by atoms with Crippen molar-refractivity contribution in [2.45, 2.75) is 53.2 Å². The largest absolute Gasteiger partial charge is 0.364 e. The van der Waals surface area contributed by atoms with Gasteiger partial charge in [0.1, 0.15) is 5.82 Å². The van der Waals surface area contributed by atoms with Gasteiger partial charge in [-0.15, -0.1) is 0 Å². The molecule has 0 aliphatic rings. The highest BCUT2D eigenvalue weighted by atomic mass is 15.3. The van der Waals surface area contributed by atoms with Crippen LogP contribution in [0.3, 0.4) is 0 Å². The van der Waals surface area contributed by atoms with Crippen molar-refractivity contribution in [3.8, 4) is 0 Å². The first-order valence-corrected chi connectivity index (χ1v) is 7.03. The van der Waals surface area contributed by atoms with Crippen molar-refractivity contribution in [1.82, 2.24) is 19.6 Å². The molecule has 5 heteroatoms. The fourth-order valence-electron chi connectivity index (χ4n) is 2.07. The molecule has 1 N–H and O–H groups in total. The van der Waals surface area contributed by atoms with Crippen LogP contribution >= 0.6 is 0 Å². The summed E-state index contributed by atoms with van der Waals surface area (Å²) < 4.78 is 3.98. The molecule has 2 heterocycles. The summed E-state index contributed by atoms with van der Waals surface area (Å²) in [4.78, 5) is 0. The van der Waals surface area contributed by atoms with Gasteiger partial charge in [-0.3, -0.25) is 9.36 Å². The second-order valence-corrected chi connectivity index (χ2v) is 4.82. The highest BCUT2D eigenvalue weighted by Crippen LogP contribution is 2.10. The van der Waals surface area contributed by atoms with Crippen molar-refractivity contribution < 1.29 is 0 Å². The van der Waals surface area contributed by atoms with Crippen LogP contribution in [0.25, 0.3) is 0 Å². The Morgan fingerprint density at radius 1 is 1.11 bits per heavy atom. The Morgan fingerprint density at radius 3 is 2.58 bits per heavy atom. The monoisotopic (exact) mass is 261 g/mol. The van der Waals surface area contributed by atoms with Gasteiger partial charge >= 0.3 is 0 Å². The van der Waals surface area contributed by atoms with Gasteiger partial charge in [-0.25, -0.2) is 0 Å². The Kier molecular flexibility index (Phi) is 4.60. The zero-order valence-corrected chi connectivity index (χ0v) is 12.1. The fourth-order valence-corrected chi connectivity index (χ4v) is 2.07. The molecule has 0 radical (unpaired) electrons. The third-order valence-corrected chi connectivity index (χ3v) is 3.05. The summed E-state index contributed by atoms with van der Waals surface area (Å²) in [5, 5.41) is 12.3. The lowest BCUT2D eigenvalue weighted by molar-refractivity contribution is 0.598. The molecule has 104 valence electrons. The van der Waals surface area contributed by atoms with Gasteiger partial charge in [0.2, 0.25) is 0 Å². The van der Waals surface area contributed by atoms with E-state index >= 15 is 0 Å². The van der Waals surface area contributed by atoms with Gasteiger partial charge in [0.05, 0.1) is 5.69 Å². The molecule has 0 atom stereocenters. The van der Waals surface area contributed by atoms with E-state index in [1.807, 2.05) is 21.6 Å². The summed E-state index contributed by atoms with van der Waals surface area (Å²) in [7, 11) is 0. The molecule has 0 aliphatic carbocycles. The van der Waals surface area contributed by atoms with Gasteiger partial charge in [-0.05, 0) is 19.8 Å². The molecule has 0 bridgehead atoms. The van der Waals surface area contributed by atoms with Gasteiger partial charge in [-0.1, -0.05) is 13.8 Å². The molecule has 2 aromatic heterocycles. The first kappa shape index (κ1) is 13.6. The summed E-state index contributed by atoms with van der Waals surface area (Å²) >= 11 is 0. The van der Waals surface area contributed by atoms with E-state index in [4.69, 9.17) is 0 Å². The third kappa shape index (κ3) is 3.59. The molecule has 2 rings (SSSR count). The maximum Gasteiger partial charge on any atom is 0.148 e. The normalized spacial score (nSPS) is 10.9. The predicted molar refractivity (Wildman–Crippen MR) is 77.1 cm³/mol. The van der Waals surface area contributed by atoms with Crippen LogP contribution < -0.4 is 5.32 Å². The molecule has 5 nitrogen and oxygen atoms in total. The number of aryl methyl sites for hydroxylation is 3. The van der Waals surface area contributed by atoms with E-state index < -0.39 is 0 Å². The van der Waals surface area contributed by atoms with Gasteiger partial charge in [-0.2, -0.15) is 10.2 Å². The minimum Gasteiger partial charge on any atom is -0.364 e. The maximum atomic E-state index is 4.50. The van der Waals surface area contributed by atoms with Crippen LogP contribution in [0.4, 0.5) is 5.82 Å². The summed E-state index contributed by atoms with van der Waals surface area (Å²) in [6.45, 7) is 9.09. The first-order chi connectivity index (χ1) is 9.22. The molecule has 0 saturated carbocycles. The second kappa shape index (κ2) is 6.41. The van der Waals surface area contributed by atoms with Crippen LogP contribution in [0.2, 0.25) is 0 Å². The standard InChI is InChI=1S/C14H23N5/c1-4-7-18-9-6-14(17-18)15-10-13-11-19(8-5-2)16-12(13)3/h6,9,11H,4-5,7-8,10H2,1-3H3,(H,15,17). The molecule has 0 aromatic carbocycles. The van der Waals surface area contributed by atoms with E-state index in [1.165, 1.54) is 5.56 Å². The van der Waals surface area contributed by atoms with Crippen molar-refractivity contribution in [2.75, 3.05) is 5.32 Å². The first-order valence-electron chi connectivity index (χ1n) is 7.03. The number of rotatable bonds is 7. The van der Waals surface area contributed by atoms with Crippen molar-refractivity contribution in [2.24, 2.45) is 0 Å². The quantitative estimate of drug-likeness (QED) is 0.833. The third-order valence-electron chi connectivity index (χ3n) is 3.05. The molecule has 0 unspecified atom stereocenters.